The molecule has 0 aromatic heterocycles. The van der Waals surface area contributed by atoms with Crippen LogP contribution in [0.4, 0.5) is 5.69 Å². The van der Waals surface area contributed by atoms with Gasteiger partial charge in [-0.25, -0.2) is 4.79 Å². The largest absolute Gasteiger partial charge is 0.478 e. The molecule has 0 aliphatic rings. The van der Waals surface area contributed by atoms with E-state index >= 15 is 0 Å². The summed E-state index contributed by atoms with van der Waals surface area (Å²) in [5, 5.41) is 11.3. The fraction of sp³-hybridized carbons (Fsp3) is 0.286. The second-order valence-electron chi connectivity index (χ2n) is 4.09. The smallest absolute Gasteiger partial charge is 0.328 e. The van der Waals surface area contributed by atoms with E-state index in [9.17, 15) is 9.59 Å². The lowest BCUT2D eigenvalue weighted by atomic mass is 10.1. The number of aliphatic carboxylic acids is 1. The van der Waals surface area contributed by atoms with Crippen molar-refractivity contribution in [3.63, 3.8) is 0 Å². The Morgan fingerprint density at radius 1 is 1.32 bits per heavy atom. The molecule has 0 aliphatic carbocycles. The highest BCUT2D eigenvalue weighted by molar-refractivity contribution is 5.91. The molecule has 0 spiro atoms. The van der Waals surface area contributed by atoms with Gasteiger partial charge in [0.05, 0.1) is 0 Å². The first-order valence-electron chi connectivity index (χ1n) is 6.13. The van der Waals surface area contributed by atoms with E-state index in [0.29, 0.717) is 18.7 Å². The van der Waals surface area contributed by atoms with E-state index < -0.39 is 5.97 Å². The summed E-state index contributed by atoms with van der Waals surface area (Å²) in [4.78, 5) is 22.0. The number of carboxylic acid groups (broad SMARTS) is 1. The van der Waals surface area contributed by atoms with E-state index in [1.807, 2.05) is 0 Å². The molecular weight excluding hydrogens is 244 g/mol. The highest BCUT2D eigenvalue weighted by Crippen LogP contribution is 2.12. The van der Waals surface area contributed by atoms with E-state index in [0.717, 1.165) is 24.5 Å². The van der Waals surface area contributed by atoms with Gasteiger partial charge < -0.3 is 16.2 Å². The summed E-state index contributed by atoms with van der Waals surface area (Å²) in [5.74, 6) is -1.07. The second-order valence-corrected chi connectivity index (χ2v) is 4.09. The monoisotopic (exact) mass is 262 g/mol. The van der Waals surface area contributed by atoms with Crippen molar-refractivity contribution >= 4 is 23.6 Å². The number of carboxylic acids is 1. The second kappa shape index (κ2) is 8.05. The molecule has 0 heterocycles. The van der Waals surface area contributed by atoms with Gasteiger partial charge in [0.15, 0.2) is 0 Å². The molecule has 0 radical (unpaired) electrons. The fourth-order valence-electron chi connectivity index (χ4n) is 1.54. The number of benzene rings is 1. The molecule has 4 N–H and O–H groups in total. The van der Waals surface area contributed by atoms with Crippen LogP contribution in [0.1, 0.15) is 24.8 Å². The number of amides is 1. The van der Waals surface area contributed by atoms with Crippen LogP contribution in [-0.2, 0) is 9.59 Å². The van der Waals surface area contributed by atoms with Crippen LogP contribution in [-0.4, -0.2) is 23.5 Å². The molecule has 0 unspecified atom stereocenters. The van der Waals surface area contributed by atoms with Crippen molar-refractivity contribution in [2.45, 2.75) is 19.3 Å². The highest BCUT2D eigenvalue weighted by atomic mass is 16.4. The summed E-state index contributed by atoms with van der Waals surface area (Å²) in [6, 6.07) is 7.01. The molecule has 5 nitrogen and oxygen atoms in total. The Morgan fingerprint density at radius 3 is 2.79 bits per heavy atom. The maximum Gasteiger partial charge on any atom is 0.328 e. The summed E-state index contributed by atoms with van der Waals surface area (Å²) in [7, 11) is 0. The highest BCUT2D eigenvalue weighted by Gasteiger charge is 2.02. The van der Waals surface area contributed by atoms with Gasteiger partial charge in [-0.3, -0.25) is 4.79 Å². The van der Waals surface area contributed by atoms with Crippen LogP contribution in [0.3, 0.4) is 0 Å². The zero-order chi connectivity index (χ0) is 14.1. The first kappa shape index (κ1) is 14.9. The van der Waals surface area contributed by atoms with E-state index in [4.69, 9.17) is 10.8 Å². The number of unbranched alkanes of at least 4 members (excludes halogenated alkanes) is 1. The lowest BCUT2D eigenvalue weighted by Gasteiger charge is -2.05. The normalized spacial score (nSPS) is 10.6. The fourth-order valence-corrected chi connectivity index (χ4v) is 1.54. The lowest BCUT2D eigenvalue weighted by molar-refractivity contribution is -0.131. The molecule has 5 heteroatoms. The molecule has 0 bridgehead atoms. The van der Waals surface area contributed by atoms with Crippen LogP contribution in [0.25, 0.3) is 6.08 Å². The number of nitrogens with one attached hydrogen (secondary N) is 1. The minimum absolute atomic E-state index is 0.0622. The Balaban J connectivity index is 2.56. The van der Waals surface area contributed by atoms with E-state index in [1.165, 1.54) is 6.08 Å². The number of anilines is 1. The first-order chi connectivity index (χ1) is 9.11. The van der Waals surface area contributed by atoms with E-state index in [1.54, 1.807) is 24.3 Å². The Kier molecular flexibility index (Phi) is 6.32. The van der Waals surface area contributed by atoms with Gasteiger partial charge in [-0.15, -0.1) is 0 Å². The van der Waals surface area contributed by atoms with Crippen LogP contribution >= 0.6 is 0 Å². The Hall–Kier alpha value is -2.14. The minimum Gasteiger partial charge on any atom is -0.478 e. The van der Waals surface area contributed by atoms with Gasteiger partial charge in [-0.2, -0.15) is 0 Å². The Bertz CT molecular complexity index is 470. The summed E-state index contributed by atoms with van der Waals surface area (Å²) >= 11 is 0. The number of rotatable bonds is 7. The van der Waals surface area contributed by atoms with Crippen LogP contribution < -0.4 is 11.1 Å². The molecule has 0 saturated heterocycles. The summed E-state index contributed by atoms with van der Waals surface area (Å²) in [6.07, 6.45) is 4.57. The van der Waals surface area contributed by atoms with Gasteiger partial charge in [-0.1, -0.05) is 12.1 Å². The third kappa shape index (κ3) is 6.38. The van der Waals surface area contributed by atoms with E-state index in [2.05, 4.69) is 5.32 Å². The predicted molar refractivity (Wildman–Crippen MR) is 74.6 cm³/mol. The zero-order valence-electron chi connectivity index (χ0n) is 10.6. The number of nitrogens with two attached hydrogens (primary N) is 1. The standard InChI is InChI=1S/C14H18N2O3/c15-9-2-1-6-13(17)16-12-5-3-4-11(10-12)7-8-14(18)19/h3-5,7-8,10H,1-2,6,9,15H2,(H,16,17)(H,18,19)/b8-7+. The molecular formula is C14H18N2O3. The average molecular weight is 262 g/mol. The van der Waals surface area contributed by atoms with Gasteiger partial charge in [-0.05, 0) is 43.2 Å². The van der Waals surface area contributed by atoms with Gasteiger partial charge in [0, 0.05) is 18.2 Å². The van der Waals surface area contributed by atoms with Gasteiger partial charge in [0.1, 0.15) is 0 Å². The topological polar surface area (TPSA) is 92.4 Å². The van der Waals surface area contributed by atoms with Gasteiger partial charge in [0.25, 0.3) is 0 Å². The van der Waals surface area contributed by atoms with Crippen LogP contribution in [0.2, 0.25) is 0 Å². The van der Waals surface area contributed by atoms with Gasteiger partial charge in [0.2, 0.25) is 5.91 Å². The quantitative estimate of drug-likeness (QED) is 0.516. The molecule has 1 rings (SSSR count). The number of hydrogen-bond acceptors (Lipinski definition) is 3. The van der Waals surface area contributed by atoms with Crippen molar-refractivity contribution in [1.29, 1.82) is 0 Å². The summed E-state index contributed by atoms with van der Waals surface area (Å²) < 4.78 is 0. The zero-order valence-corrected chi connectivity index (χ0v) is 10.6. The van der Waals surface area contributed by atoms with Crippen LogP contribution in [0, 0.1) is 0 Å². The first-order valence-corrected chi connectivity index (χ1v) is 6.13. The molecule has 102 valence electrons. The number of carbonyl (C=O) groups excluding carboxylic acids is 1. The van der Waals surface area contributed by atoms with E-state index in [-0.39, 0.29) is 5.91 Å². The van der Waals surface area contributed by atoms with Crippen molar-refractivity contribution in [2.24, 2.45) is 5.73 Å². The molecule has 0 saturated carbocycles. The predicted octanol–water partition coefficient (Wildman–Crippen LogP) is 1.85. The van der Waals surface area contributed by atoms with Crippen molar-refractivity contribution in [3.05, 3.63) is 35.9 Å². The van der Waals surface area contributed by atoms with Crippen molar-refractivity contribution in [1.82, 2.24) is 0 Å². The average Bonchev–Trinajstić information content (AvgIpc) is 2.37. The number of carbonyl (C=O) groups is 2. The molecule has 1 amide bonds. The van der Waals surface area contributed by atoms with Crippen LogP contribution in [0.15, 0.2) is 30.3 Å². The molecule has 19 heavy (non-hydrogen) atoms. The maximum absolute atomic E-state index is 11.6. The number of hydrogen-bond donors (Lipinski definition) is 3. The maximum atomic E-state index is 11.6. The van der Waals surface area contributed by atoms with Crippen molar-refractivity contribution < 1.29 is 14.7 Å². The molecule has 0 fully saturated rings. The molecule has 1 aromatic carbocycles. The SMILES string of the molecule is NCCCCC(=O)Nc1cccc(/C=C/C(=O)O)c1. The summed E-state index contributed by atoms with van der Waals surface area (Å²) in [5.41, 5.74) is 6.74. The lowest BCUT2D eigenvalue weighted by Crippen LogP contribution is -2.12. The van der Waals surface area contributed by atoms with Crippen LogP contribution in [0.5, 0.6) is 0 Å². The minimum atomic E-state index is -1.00. The summed E-state index contributed by atoms with van der Waals surface area (Å²) in [6.45, 7) is 0.586. The Labute approximate surface area is 112 Å². The van der Waals surface area contributed by atoms with Gasteiger partial charge >= 0.3 is 5.97 Å². The van der Waals surface area contributed by atoms with Crippen molar-refractivity contribution in [2.75, 3.05) is 11.9 Å². The van der Waals surface area contributed by atoms with Crippen molar-refractivity contribution in [3.8, 4) is 0 Å². The molecule has 0 aliphatic heterocycles. The molecule has 0 atom stereocenters. The molecule has 1 aromatic rings. The Morgan fingerprint density at radius 2 is 2.11 bits per heavy atom. The third-order valence-corrected chi connectivity index (χ3v) is 2.45. The third-order valence-electron chi connectivity index (χ3n) is 2.45.